The maximum absolute atomic E-state index is 11.8. The van der Waals surface area contributed by atoms with E-state index in [1.165, 1.54) is 11.1 Å². The molecule has 0 fully saturated rings. The largest absolute Gasteiger partial charge is 0.459 e. The highest BCUT2D eigenvalue weighted by atomic mass is 16.3. The Hall–Kier alpha value is -2.89. The van der Waals surface area contributed by atoms with E-state index in [1.807, 2.05) is 12.1 Å². The molecule has 3 rings (SSSR count). The molecule has 6 heteroatoms. The molecule has 6 nitrogen and oxygen atoms in total. The Balaban J connectivity index is 1.75. The predicted octanol–water partition coefficient (Wildman–Crippen LogP) is 2.11. The van der Waals surface area contributed by atoms with Crippen molar-refractivity contribution >= 4 is 11.6 Å². The number of benzene rings is 1. The number of carbonyl (C=O) groups is 1. The van der Waals surface area contributed by atoms with Gasteiger partial charge < -0.3 is 9.73 Å². The van der Waals surface area contributed by atoms with Gasteiger partial charge in [0.1, 0.15) is 0 Å². The fourth-order valence-corrected chi connectivity index (χ4v) is 1.63. The minimum absolute atomic E-state index is 0.276. The van der Waals surface area contributed by atoms with Crippen molar-refractivity contribution in [3.63, 3.8) is 0 Å². The lowest BCUT2D eigenvalue weighted by Gasteiger charge is -2.04. The van der Waals surface area contributed by atoms with Crippen molar-refractivity contribution < 1.29 is 9.21 Å². The quantitative estimate of drug-likeness (QED) is 0.776. The van der Waals surface area contributed by atoms with Gasteiger partial charge in [-0.05, 0) is 36.4 Å². The van der Waals surface area contributed by atoms with E-state index in [4.69, 9.17) is 4.42 Å². The Bertz CT molecular complexity index is 657. The number of nitrogens with one attached hydrogen (secondary N) is 1. The molecule has 2 heterocycles. The van der Waals surface area contributed by atoms with Crippen molar-refractivity contribution in [1.29, 1.82) is 0 Å². The Kier molecular flexibility index (Phi) is 2.82. The van der Waals surface area contributed by atoms with E-state index in [0.29, 0.717) is 5.69 Å². The van der Waals surface area contributed by atoms with Crippen molar-refractivity contribution in [2.45, 2.75) is 0 Å². The van der Waals surface area contributed by atoms with Gasteiger partial charge in [0, 0.05) is 5.69 Å². The molecule has 94 valence electrons. The maximum Gasteiger partial charge on any atom is 0.291 e. The van der Waals surface area contributed by atoms with Crippen molar-refractivity contribution in [3.05, 3.63) is 60.8 Å². The van der Waals surface area contributed by atoms with Gasteiger partial charge in [-0.2, -0.15) is 15.0 Å². The van der Waals surface area contributed by atoms with Gasteiger partial charge in [0.05, 0.1) is 24.3 Å². The molecule has 0 saturated heterocycles. The minimum atomic E-state index is -0.282. The number of rotatable bonds is 3. The fraction of sp³-hybridized carbons (Fsp3) is 0. The highest BCUT2D eigenvalue weighted by Crippen LogP contribution is 2.13. The second-order valence-electron chi connectivity index (χ2n) is 3.80. The van der Waals surface area contributed by atoms with Gasteiger partial charge in [-0.25, -0.2) is 0 Å². The molecule has 0 radical (unpaired) electrons. The lowest BCUT2D eigenvalue weighted by Crippen LogP contribution is -2.10. The zero-order valence-corrected chi connectivity index (χ0v) is 9.85. The van der Waals surface area contributed by atoms with Gasteiger partial charge in [-0.3, -0.25) is 4.79 Å². The van der Waals surface area contributed by atoms with Crippen LogP contribution in [0.15, 0.2) is 59.5 Å². The van der Waals surface area contributed by atoms with E-state index in [1.54, 1.807) is 36.7 Å². The summed E-state index contributed by atoms with van der Waals surface area (Å²) in [6.45, 7) is 0. The molecule has 3 aromatic rings. The molecule has 0 unspecified atom stereocenters. The van der Waals surface area contributed by atoms with Crippen LogP contribution in [0.4, 0.5) is 5.69 Å². The molecule has 1 N–H and O–H groups in total. The smallest absolute Gasteiger partial charge is 0.291 e. The molecule has 0 saturated carbocycles. The van der Waals surface area contributed by atoms with E-state index in [9.17, 15) is 4.79 Å². The molecule has 19 heavy (non-hydrogen) atoms. The van der Waals surface area contributed by atoms with Crippen LogP contribution in [-0.4, -0.2) is 20.9 Å². The number of furan rings is 1. The fourth-order valence-electron chi connectivity index (χ4n) is 1.63. The molecule has 1 amide bonds. The minimum Gasteiger partial charge on any atom is -0.459 e. The first-order valence-electron chi connectivity index (χ1n) is 5.64. The van der Waals surface area contributed by atoms with Crippen molar-refractivity contribution in [1.82, 2.24) is 15.0 Å². The van der Waals surface area contributed by atoms with E-state index in [0.717, 1.165) is 5.69 Å². The van der Waals surface area contributed by atoms with E-state index >= 15 is 0 Å². The normalized spacial score (nSPS) is 10.3. The molecule has 0 bridgehead atoms. The highest BCUT2D eigenvalue weighted by Gasteiger charge is 2.08. The summed E-state index contributed by atoms with van der Waals surface area (Å²) in [5, 5.41) is 10.8. The first-order valence-corrected chi connectivity index (χ1v) is 5.64. The van der Waals surface area contributed by atoms with Crippen LogP contribution >= 0.6 is 0 Å². The van der Waals surface area contributed by atoms with Crippen LogP contribution in [0.1, 0.15) is 10.6 Å². The summed E-state index contributed by atoms with van der Waals surface area (Å²) in [7, 11) is 0. The molecule has 0 spiro atoms. The zero-order valence-electron chi connectivity index (χ0n) is 9.85. The van der Waals surface area contributed by atoms with Crippen molar-refractivity contribution in [3.8, 4) is 5.69 Å². The van der Waals surface area contributed by atoms with Crippen LogP contribution in [0.3, 0.4) is 0 Å². The molecule has 0 aliphatic rings. The van der Waals surface area contributed by atoms with E-state index in [2.05, 4.69) is 15.5 Å². The Morgan fingerprint density at radius 2 is 1.84 bits per heavy atom. The third kappa shape index (κ3) is 2.37. The lowest BCUT2D eigenvalue weighted by atomic mass is 10.3. The summed E-state index contributed by atoms with van der Waals surface area (Å²) in [5.74, 6) is -0.00668. The Morgan fingerprint density at radius 3 is 2.47 bits per heavy atom. The van der Waals surface area contributed by atoms with Gasteiger partial charge in [-0.1, -0.05) is 0 Å². The van der Waals surface area contributed by atoms with Gasteiger partial charge >= 0.3 is 0 Å². The van der Waals surface area contributed by atoms with Crippen molar-refractivity contribution in [2.24, 2.45) is 0 Å². The summed E-state index contributed by atoms with van der Waals surface area (Å²) in [6, 6.07) is 10.5. The summed E-state index contributed by atoms with van der Waals surface area (Å²) in [6.07, 6.45) is 4.67. The standard InChI is InChI=1S/C13H10N4O2/c18-13(12-2-1-9-19-12)16-10-3-5-11(6-4-10)17-14-7-8-15-17/h1-9H,(H,16,18). The molecule has 0 aliphatic carbocycles. The van der Waals surface area contributed by atoms with Crippen LogP contribution in [0, 0.1) is 0 Å². The van der Waals surface area contributed by atoms with Gasteiger partial charge in [0.15, 0.2) is 5.76 Å². The van der Waals surface area contributed by atoms with Crippen LogP contribution in [0.2, 0.25) is 0 Å². The Labute approximate surface area is 108 Å². The predicted molar refractivity (Wildman–Crippen MR) is 68.0 cm³/mol. The second kappa shape index (κ2) is 4.77. The third-order valence-electron chi connectivity index (χ3n) is 2.52. The van der Waals surface area contributed by atoms with E-state index < -0.39 is 0 Å². The number of anilines is 1. The monoisotopic (exact) mass is 254 g/mol. The van der Waals surface area contributed by atoms with Gasteiger partial charge in [-0.15, -0.1) is 0 Å². The Morgan fingerprint density at radius 1 is 1.11 bits per heavy atom. The first-order chi connectivity index (χ1) is 9.33. The number of aromatic nitrogens is 3. The topological polar surface area (TPSA) is 73.0 Å². The SMILES string of the molecule is O=C(Nc1ccc(-n2nccn2)cc1)c1ccco1. The number of amides is 1. The molecule has 0 atom stereocenters. The second-order valence-corrected chi connectivity index (χ2v) is 3.80. The van der Waals surface area contributed by atoms with Gasteiger partial charge in [0.25, 0.3) is 5.91 Å². The molecule has 0 aliphatic heterocycles. The summed E-state index contributed by atoms with van der Waals surface area (Å²) in [5.41, 5.74) is 1.50. The number of hydrogen-bond acceptors (Lipinski definition) is 4. The van der Waals surface area contributed by atoms with E-state index in [-0.39, 0.29) is 11.7 Å². The average molecular weight is 254 g/mol. The van der Waals surface area contributed by atoms with Crippen LogP contribution in [-0.2, 0) is 0 Å². The molecular formula is C13H10N4O2. The third-order valence-corrected chi connectivity index (χ3v) is 2.52. The van der Waals surface area contributed by atoms with Crippen LogP contribution < -0.4 is 5.32 Å². The lowest BCUT2D eigenvalue weighted by molar-refractivity contribution is 0.0996. The summed E-state index contributed by atoms with van der Waals surface area (Å²) < 4.78 is 5.01. The molecule has 2 aromatic heterocycles. The number of carbonyl (C=O) groups excluding carboxylic acids is 1. The number of hydrogen-bond donors (Lipinski definition) is 1. The zero-order chi connectivity index (χ0) is 13.1. The molecular weight excluding hydrogens is 244 g/mol. The van der Waals surface area contributed by atoms with Crippen LogP contribution in [0.5, 0.6) is 0 Å². The summed E-state index contributed by atoms with van der Waals surface area (Å²) in [4.78, 5) is 13.3. The molecule has 1 aromatic carbocycles. The van der Waals surface area contributed by atoms with Crippen molar-refractivity contribution in [2.75, 3.05) is 5.32 Å². The maximum atomic E-state index is 11.8. The van der Waals surface area contributed by atoms with Gasteiger partial charge in [0.2, 0.25) is 0 Å². The highest BCUT2D eigenvalue weighted by molar-refractivity contribution is 6.02. The first kappa shape index (κ1) is 11.2. The number of nitrogens with zero attached hydrogens (tertiary/aromatic N) is 3. The van der Waals surface area contributed by atoms with Crippen LogP contribution in [0.25, 0.3) is 5.69 Å². The average Bonchev–Trinajstić information content (AvgIpc) is 3.13. The summed E-state index contributed by atoms with van der Waals surface area (Å²) >= 11 is 0.